The Hall–Kier alpha value is -1.94. The van der Waals surface area contributed by atoms with Crippen molar-refractivity contribution in [2.45, 2.75) is 13.5 Å². The van der Waals surface area contributed by atoms with Gasteiger partial charge in [-0.25, -0.2) is 0 Å². The number of nitrogens with one attached hydrogen (secondary N) is 1. The molecule has 0 amide bonds. The SMILES string of the molecule is C=CCOc1ccc(CNc2ccc(OCC)cc2)cc1Br. The van der Waals surface area contributed by atoms with Gasteiger partial charge in [0.05, 0.1) is 11.1 Å². The van der Waals surface area contributed by atoms with Gasteiger partial charge in [-0.2, -0.15) is 0 Å². The molecule has 0 heterocycles. The molecule has 0 bridgehead atoms. The van der Waals surface area contributed by atoms with Crippen LogP contribution in [0.4, 0.5) is 5.69 Å². The molecule has 0 aliphatic heterocycles. The normalized spacial score (nSPS) is 10.1. The number of halogens is 1. The molecule has 0 saturated carbocycles. The molecule has 0 spiro atoms. The van der Waals surface area contributed by atoms with Crippen LogP contribution < -0.4 is 14.8 Å². The standard InChI is InChI=1S/C18H20BrNO2/c1-3-11-22-18-10-5-14(12-17(18)19)13-20-15-6-8-16(9-7-15)21-4-2/h3,5-10,12,20H,1,4,11,13H2,2H3. The Morgan fingerprint density at radius 3 is 2.55 bits per heavy atom. The third-order valence-electron chi connectivity index (χ3n) is 3.01. The Bertz CT molecular complexity index is 611. The van der Waals surface area contributed by atoms with E-state index in [9.17, 15) is 0 Å². The highest BCUT2D eigenvalue weighted by Crippen LogP contribution is 2.26. The molecular weight excluding hydrogens is 342 g/mol. The first-order chi connectivity index (χ1) is 10.7. The number of benzene rings is 2. The summed E-state index contributed by atoms with van der Waals surface area (Å²) in [4.78, 5) is 0. The van der Waals surface area contributed by atoms with Gasteiger partial charge in [0.25, 0.3) is 0 Å². The molecule has 2 aromatic carbocycles. The van der Waals surface area contributed by atoms with Crippen LogP contribution in [-0.4, -0.2) is 13.2 Å². The fraction of sp³-hybridized carbons (Fsp3) is 0.222. The van der Waals surface area contributed by atoms with Crippen LogP contribution >= 0.6 is 15.9 Å². The van der Waals surface area contributed by atoms with E-state index in [4.69, 9.17) is 9.47 Å². The third kappa shape index (κ3) is 4.81. The van der Waals surface area contributed by atoms with Crippen molar-refractivity contribution in [1.29, 1.82) is 0 Å². The Morgan fingerprint density at radius 2 is 1.91 bits per heavy atom. The first-order valence-electron chi connectivity index (χ1n) is 7.21. The van der Waals surface area contributed by atoms with E-state index in [2.05, 4.69) is 33.9 Å². The van der Waals surface area contributed by atoms with Gasteiger partial charge in [0.15, 0.2) is 0 Å². The van der Waals surface area contributed by atoms with Gasteiger partial charge >= 0.3 is 0 Å². The quantitative estimate of drug-likeness (QED) is 0.669. The lowest BCUT2D eigenvalue weighted by Crippen LogP contribution is -2.00. The van der Waals surface area contributed by atoms with Crippen molar-refractivity contribution in [2.75, 3.05) is 18.5 Å². The number of ether oxygens (including phenoxy) is 2. The van der Waals surface area contributed by atoms with E-state index in [1.54, 1.807) is 6.08 Å². The lowest BCUT2D eigenvalue weighted by Gasteiger charge is -2.10. The van der Waals surface area contributed by atoms with Gasteiger partial charge in [0, 0.05) is 12.2 Å². The second-order valence-electron chi connectivity index (χ2n) is 4.68. The molecule has 0 aliphatic rings. The van der Waals surface area contributed by atoms with Crippen LogP contribution in [0.15, 0.2) is 59.6 Å². The highest BCUT2D eigenvalue weighted by Gasteiger charge is 2.02. The van der Waals surface area contributed by atoms with Gasteiger partial charge < -0.3 is 14.8 Å². The van der Waals surface area contributed by atoms with Crippen molar-refractivity contribution in [3.8, 4) is 11.5 Å². The number of anilines is 1. The lowest BCUT2D eigenvalue weighted by atomic mass is 10.2. The molecular formula is C18H20BrNO2. The van der Waals surface area contributed by atoms with E-state index in [1.165, 1.54) is 5.56 Å². The van der Waals surface area contributed by atoms with E-state index in [-0.39, 0.29) is 0 Å². The van der Waals surface area contributed by atoms with Crippen LogP contribution in [0.2, 0.25) is 0 Å². The minimum atomic E-state index is 0.502. The minimum absolute atomic E-state index is 0.502. The molecule has 4 heteroatoms. The summed E-state index contributed by atoms with van der Waals surface area (Å²) in [6.45, 7) is 7.55. The van der Waals surface area contributed by atoms with Gasteiger partial charge in [-0.05, 0) is 64.8 Å². The fourth-order valence-corrected chi connectivity index (χ4v) is 2.50. The summed E-state index contributed by atoms with van der Waals surface area (Å²) in [6, 6.07) is 14.0. The number of hydrogen-bond acceptors (Lipinski definition) is 3. The fourth-order valence-electron chi connectivity index (χ4n) is 1.96. The van der Waals surface area contributed by atoms with Crippen molar-refractivity contribution in [2.24, 2.45) is 0 Å². The smallest absolute Gasteiger partial charge is 0.133 e. The summed E-state index contributed by atoms with van der Waals surface area (Å²) in [5, 5.41) is 3.39. The van der Waals surface area contributed by atoms with Gasteiger partial charge in [-0.15, -0.1) is 0 Å². The first-order valence-corrected chi connectivity index (χ1v) is 8.01. The van der Waals surface area contributed by atoms with E-state index in [0.29, 0.717) is 13.2 Å². The van der Waals surface area contributed by atoms with Crippen LogP contribution in [0.25, 0.3) is 0 Å². The summed E-state index contributed by atoms with van der Waals surface area (Å²) in [7, 11) is 0. The second kappa shape index (κ2) is 8.49. The topological polar surface area (TPSA) is 30.5 Å². The minimum Gasteiger partial charge on any atom is -0.494 e. The number of hydrogen-bond donors (Lipinski definition) is 1. The predicted octanol–water partition coefficient (Wildman–Crippen LogP) is 5.02. The third-order valence-corrected chi connectivity index (χ3v) is 3.63. The van der Waals surface area contributed by atoms with Crippen LogP contribution in [0, 0.1) is 0 Å². The monoisotopic (exact) mass is 361 g/mol. The molecule has 3 nitrogen and oxygen atoms in total. The summed E-state index contributed by atoms with van der Waals surface area (Å²) in [5.41, 5.74) is 2.23. The Kier molecular flexibility index (Phi) is 6.34. The van der Waals surface area contributed by atoms with E-state index < -0.39 is 0 Å². The molecule has 0 fully saturated rings. The van der Waals surface area contributed by atoms with Crippen molar-refractivity contribution in [3.05, 3.63) is 65.2 Å². The largest absolute Gasteiger partial charge is 0.494 e. The predicted molar refractivity (Wildman–Crippen MR) is 94.8 cm³/mol. The van der Waals surface area contributed by atoms with Crippen LogP contribution in [0.3, 0.4) is 0 Å². The maximum atomic E-state index is 5.54. The molecule has 0 atom stereocenters. The molecule has 22 heavy (non-hydrogen) atoms. The highest BCUT2D eigenvalue weighted by atomic mass is 79.9. The Balaban J connectivity index is 1.93. The summed E-state index contributed by atoms with van der Waals surface area (Å²) in [5.74, 6) is 1.71. The maximum absolute atomic E-state index is 5.54. The molecule has 0 aliphatic carbocycles. The van der Waals surface area contributed by atoms with Gasteiger partial charge in [0.2, 0.25) is 0 Å². The van der Waals surface area contributed by atoms with E-state index in [1.807, 2.05) is 43.3 Å². The van der Waals surface area contributed by atoms with Crippen molar-refractivity contribution >= 4 is 21.6 Å². The molecule has 0 unspecified atom stereocenters. The first kappa shape index (κ1) is 16.4. The molecule has 0 aromatic heterocycles. The average Bonchev–Trinajstić information content (AvgIpc) is 2.54. The number of rotatable bonds is 8. The molecule has 2 aromatic rings. The summed E-state index contributed by atoms with van der Waals surface area (Å²) >= 11 is 3.53. The molecule has 0 radical (unpaired) electrons. The van der Waals surface area contributed by atoms with Crippen LogP contribution in [0.1, 0.15) is 12.5 Å². The highest BCUT2D eigenvalue weighted by molar-refractivity contribution is 9.10. The van der Waals surface area contributed by atoms with E-state index >= 15 is 0 Å². The zero-order valence-corrected chi connectivity index (χ0v) is 14.2. The molecule has 2 rings (SSSR count). The van der Waals surface area contributed by atoms with Gasteiger partial charge in [-0.3, -0.25) is 0 Å². The molecule has 0 saturated heterocycles. The van der Waals surface area contributed by atoms with Crippen molar-refractivity contribution < 1.29 is 9.47 Å². The molecule has 1 N–H and O–H groups in total. The zero-order valence-electron chi connectivity index (χ0n) is 12.6. The van der Waals surface area contributed by atoms with Crippen molar-refractivity contribution in [3.63, 3.8) is 0 Å². The summed E-state index contributed by atoms with van der Waals surface area (Å²) in [6.07, 6.45) is 1.73. The molecule has 116 valence electrons. The zero-order chi connectivity index (χ0) is 15.8. The Morgan fingerprint density at radius 1 is 1.14 bits per heavy atom. The maximum Gasteiger partial charge on any atom is 0.133 e. The van der Waals surface area contributed by atoms with Crippen LogP contribution in [-0.2, 0) is 6.54 Å². The second-order valence-corrected chi connectivity index (χ2v) is 5.53. The summed E-state index contributed by atoms with van der Waals surface area (Å²) < 4.78 is 11.9. The van der Waals surface area contributed by atoms with Gasteiger partial charge in [-0.1, -0.05) is 18.7 Å². The van der Waals surface area contributed by atoms with Gasteiger partial charge in [0.1, 0.15) is 18.1 Å². The van der Waals surface area contributed by atoms with Crippen molar-refractivity contribution in [1.82, 2.24) is 0 Å². The average molecular weight is 362 g/mol. The van der Waals surface area contributed by atoms with Crippen LogP contribution in [0.5, 0.6) is 11.5 Å². The Labute approximate surface area is 140 Å². The lowest BCUT2D eigenvalue weighted by molar-refractivity contribution is 0.340. The van der Waals surface area contributed by atoms with E-state index in [0.717, 1.165) is 28.2 Å².